The molecule has 0 amide bonds. The second-order valence-electron chi connectivity index (χ2n) is 9.05. The quantitative estimate of drug-likeness (QED) is 0.510. The van der Waals surface area contributed by atoms with Gasteiger partial charge in [-0.15, -0.1) is 0 Å². The third-order valence-corrected chi connectivity index (χ3v) is 8.71. The van der Waals surface area contributed by atoms with Crippen molar-refractivity contribution in [3.05, 3.63) is 65.2 Å². The molecule has 0 unspecified atom stereocenters. The lowest BCUT2D eigenvalue weighted by Gasteiger charge is -2.40. The van der Waals surface area contributed by atoms with Gasteiger partial charge in [-0.2, -0.15) is 0 Å². The molecule has 4 rings (SSSR count). The van der Waals surface area contributed by atoms with E-state index in [9.17, 15) is 8.42 Å². The Balaban J connectivity index is 1.49. The summed E-state index contributed by atoms with van der Waals surface area (Å²) in [5, 5.41) is 0. The largest absolute Gasteiger partial charge is 0.494 e. The molecule has 1 aliphatic heterocycles. The van der Waals surface area contributed by atoms with Crippen LogP contribution in [0.3, 0.4) is 0 Å². The van der Waals surface area contributed by atoms with Crippen molar-refractivity contribution in [1.82, 2.24) is 4.90 Å². The monoisotopic (exact) mass is 441 g/mol. The SMILES string of the molecule is CCS(=O)(=O)CCCOc1ccc2c(c1)[C@H](Cc1ccccc1)[C@H](CN1CCC1)CC2. The molecule has 0 aromatic heterocycles. The normalized spacial score (nSPS) is 21.3. The Morgan fingerprint density at radius 3 is 2.61 bits per heavy atom. The van der Waals surface area contributed by atoms with Gasteiger partial charge in [0, 0.05) is 12.3 Å². The maximum Gasteiger partial charge on any atom is 0.150 e. The fraction of sp³-hybridized carbons (Fsp3) is 0.538. The van der Waals surface area contributed by atoms with Gasteiger partial charge in [0.05, 0.1) is 12.4 Å². The predicted molar refractivity (Wildman–Crippen MR) is 127 cm³/mol. The van der Waals surface area contributed by atoms with Crippen molar-refractivity contribution in [1.29, 1.82) is 0 Å². The number of aryl methyl sites for hydroxylation is 1. The molecule has 0 N–H and O–H groups in total. The van der Waals surface area contributed by atoms with E-state index in [1.54, 1.807) is 6.92 Å². The van der Waals surface area contributed by atoms with Crippen molar-refractivity contribution in [2.45, 2.75) is 44.9 Å². The van der Waals surface area contributed by atoms with Gasteiger partial charge in [0.25, 0.3) is 0 Å². The van der Waals surface area contributed by atoms with Crippen LogP contribution in [0, 0.1) is 5.92 Å². The third kappa shape index (κ3) is 5.89. The molecule has 1 fully saturated rings. The van der Waals surface area contributed by atoms with Crippen molar-refractivity contribution >= 4 is 9.84 Å². The molecule has 2 atom stereocenters. The summed E-state index contributed by atoms with van der Waals surface area (Å²) in [7, 11) is -2.93. The van der Waals surface area contributed by atoms with Gasteiger partial charge in [-0.25, -0.2) is 8.42 Å². The van der Waals surface area contributed by atoms with E-state index in [2.05, 4.69) is 53.4 Å². The number of hydrogen-bond acceptors (Lipinski definition) is 4. The minimum Gasteiger partial charge on any atom is -0.494 e. The number of nitrogens with zero attached hydrogens (tertiary/aromatic N) is 1. The fourth-order valence-corrected chi connectivity index (χ4v) is 5.75. The van der Waals surface area contributed by atoms with Crippen LogP contribution >= 0.6 is 0 Å². The van der Waals surface area contributed by atoms with E-state index in [1.807, 2.05) is 0 Å². The van der Waals surface area contributed by atoms with Crippen LogP contribution in [0.25, 0.3) is 0 Å². The topological polar surface area (TPSA) is 46.6 Å². The standard InChI is InChI=1S/C26H35NO3S/c1-2-31(28,29)17-7-16-30-24-13-12-22-10-11-23(20-27-14-6-15-27)25(26(22)19-24)18-21-8-4-3-5-9-21/h3-5,8-9,12-13,19,23,25H,2,6-7,10-11,14-18,20H2,1H3/t23-,25+/m0/s1. The van der Waals surface area contributed by atoms with E-state index in [0.717, 1.165) is 18.6 Å². The van der Waals surface area contributed by atoms with Crippen molar-refractivity contribution < 1.29 is 13.2 Å². The molecular weight excluding hydrogens is 406 g/mol. The van der Waals surface area contributed by atoms with E-state index in [0.29, 0.717) is 24.9 Å². The molecule has 5 heteroatoms. The molecule has 4 nitrogen and oxygen atoms in total. The van der Waals surface area contributed by atoms with E-state index < -0.39 is 9.84 Å². The lowest BCUT2D eigenvalue weighted by atomic mass is 9.72. The lowest BCUT2D eigenvalue weighted by molar-refractivity contribution is 0.134. The van der Waals surface area contributed by atoms with Crippen molar-refractivity contribution in [3.63, 3.8) is 0 Å². The maximum absolute atomic E-state index is 11.7. The molecule has 1 aliphatic carbocycles. The third-order valence-electron chi connectivity index (χ3n) is 6.92. The fourth-order valence-electron chi connectivity index (χ4n) is 4.90. The van der Waals surface area contributed by atoms with Crippen molar-refractivity contribution in [2.75, 3.05) is 37.7 Å². The van der Waals surface area contributed by atoms with Crippen molar-refractivity contribution in [3.8, 4) is 5.75 Å². The highest BCUT2D eigenvalue weighted by atomic mass is 32.2. The number of ether oxygens (including phenoxy) is 1. The van der Waals surface area contributed by atoms with Crippen molar-refractivity contribution in [2.24, 2.45) is 5.92 Å². The molecule has 2 aromatic rings. The average Bonchev–Trinajstić information content (AvgIpc) is 2.75. The molecule has 31 heavy (non-hydrogen) atoms. The molecule has 168 valence electrons. The Morgan fingerprint density at radius 2 is 1.90 bits per heavy atom. The summed E-state index contributed by atoms with van der Waals surface area (Å²) < 4.78 is 29.4. The second kappa shape index (κ2) is 10.2. The minimum absolute atomic E-state index is 0.197. The van der Waals surface area contributed by atoms with Crippen LogP contribution in [0.2, 0.25) is 0 Å². The van der Waals surface area contributed by atoms with Crippen LogP contribution in [0.4, 0.5) is 0 Å². The van der Waals surface area contributed by atoms with Gasteiger partial charge in [-0.1, -0.05) is 43.3 Å². The Morgan fingerprint density at radius 1 is 1.10 bits per heavy atom. The first-order chi connectivity index (χ1) is 15.0. The molecule has 0 saturated carbocycles. The van der Waals surface area contributed by atoms with E-state index >= 15 is 0 Å². The zero-order valence-electron chi connectivity index (χ0n) is 18.6. The highest BCUT2D eigenvalue weighted by Crippen LogP contribution is 2.41. The van der Waals surface area contributed by atoms with Gasteiger partial charge in [0.1, 0.15) is 15.6 Å². The van der Waals surface area contributed by atoms with Gasteiger partial charge in [-0.05, 0) is 85.9 Å². The predicted octanol–water partition coefficient (Wildman–Crippen LogP) is 4.48. The molecule has 1 saturated heterocycles. The van der Waals surface area contributed by atoms with Crippen LogP contribution < -0.4 is 4.74 Å². The highest BCUT2D eigenvalue weighted by Gasteiger charge is 2.32. The van der Waals surface area contributed by atoms with Gasteiger partial charge in [0.2, 0.25) is 0 Å². The van der Waals surface area contributed by atoms with Gasteiger partial charge in [-0.3, -0.25) is 0 Å². The Kier molecular flexibility index (Phi) is 7.34. The summed E-state index contributed by atoms with van der Waals surface area (Å²) in [6.45, 7) is 5.81. The Labute approximate surface area is 187 Å². The van der Waals surface area contributed by atoms with E-state index in [1.165, 1.54) is 49.2 Å². The van der Waals surface area contributed by atoms with Crippen LogP contribution in [0.1, 0.15) is 48.8 Å². The first-order valence-corrected chi connectivity index (χ1v) is 13.6. The Bertz CT molecular complexity index is 954. The second-order valence-corrected chi connectivity index (χ2v) is 11.5. The number of hydrogen-bond donors (Lipinski definition) is 0. The number of likely N-dealkylation sites (tertiary alicyclic amines) is 1. The average molecular weight is 442 g/mol. The number of fused-ring (bicyclic) bond motifs is 1. The Hall–Kier alpha value is -1.85. The molecule has 2 aliphatic rings. The molecule has 0 bridgehead atoms. The summed E-state index contributed by atoms with van der Waals surface area (Å²) >= 11 is 0. The maximum atomic E-state index is 11.7. The molecule has 0 spiro atoms. The summed E-state index contributed by atoms with van der Waals surface area (Å²) in [6.07, 6.45) is 5.31. The van der Waals surface area contributed by atoms with Gasteiger partial charge in [0.15, 0.2) is 0 Å². The van der Waals surface area contributed by atoms with Crippen LogP contribution in [0.5, 0.6) is 5.75 Å². The highest BCUT2D eigenvalue weighted by molar-refractivity contribution is 7.91. The van der Waals surface area contributed by atoms with E-state index in [4.69, 9.17) is 4.74 Å². The summed E-state index contributed by atoms with van der Waals surface area (Å²) in [5.74, 6) is 2.43. The minimum atomic E-state index is -2.93. The van der Waals surface area contributed by atoms with Crippen LogP contribution in [-0.2, 0) is 22.7 Å². The molecule has 1 heterocycles. The number of sulfone groups is 1. The van der Waals surface area contributed by atoms with Gasteiger partial charge >= 0.3 is 0 Å². The summed E-state index contributed by atoms with van der Waals surface area (Å²) in [5.41, 5.74) is 4.27. The zero-order valence-corrected chi connectivity index (χ0v) is 19.4. The first-order valence-electron chi connectivity index (χ1n) is 11.8. The first kappa shape index (κ1) is 22.3. The zero-order chi connectivity index (χ0) is 21.7. The smallest absolute Gasteiger partial charge is 0.150 e. The van der Waals surface area contributed by atoms with E-state index in [-0.39, 0.29) is 11.5 Å². The number of rotatable bonds is 10. The van der Waals surface area contributed by atoms with Gasteiger partial charge < -0.3 is 9.64 Å². The number of benzene rings is 2. The lowest BCUT2D eigenvalue weighted by Crippen LogP contribution is -2.43. The molecular formula is C26H35NO3S. The summed E-state index contributed by atoms with van der Waals surface area (Å²) in [4.78, 5) is 2.60. The van der Waals surface area contributed by atoms with Crippen LogP contribution in [-0.4, -0.2) is 51.1 Å². The molecule has 0 radical (unpaired) electrons. The molecule has 2 aromatic carbocycles. The summed E-state index contributed by atoms with van der Waals surface area (Å²) in [6, 6.07) is 17.3. The van der Waals surface area contributed by atoms with Crippen LogP contribution in [0.15, 0.2) is 48.5 Å².